The molecule has 10 amide bonds. The summed E-state index contributed by atoms with van der Waals surface area (Å²) >= 11 is 0. The van der Waals surface area contributed by atoms with E-state index in [2.05, 4.69) is 67.8 Å². The molecule has 1 heterocycles. The molecule has 39 nitrogen and oxygen atoms in total. The fourth-order valence-corrected chi connectivity index (χ4v) is 8.82. The largest absolute Gasteiger partial charge is 0.481 e. The van der Waals surface area contributed by atoms with Gasteiger partial charge in [0.15, 0.2) is 23.8 Å². The number of amides is 10. The molecule has 0 spiro atoms. The van der Waals surface area contributed by atoms with Crippen LogP contribution in [0.4, 0.5) is 0 Å². The molecule has 0 aliphatic carbocycles. The van der Waals surface area contributed by atoms with E-state index in [-0.39, 0.29) is 134 Å². The van der Waals surface area contributed by atoms with Crippen molar-refractivity contribution in [3.8, 4) is 0 Å². The number of nitrogens with zero attached hydrogens (tertiary/aromatic N) is 5. The van der Waals surface area contributed by atoms with E-state index in [9.17, 15) is 67.7 Å². The summed E-state index contributed by atoms with van der Waals surface area (Å²) in [4.78, 5) is 178. The predicted octanol–water partition coefficient (Wildman–Crippen LogP) is -9.99. The molecule has 0 aromatic carbocycles. The van der Waals surface area contributed by atoms with Crippen LogP contribution in [0.25, 0.3) is 0 Å². The molecule has 1 fully saturated rings. The lowest BCUT2D eigenvalue weighted by Gasteiger charge is -2.30. The zero-order valence-electron chi connectivity index (χ0n) is 51.7. The van der Waals surface area contributed by atoms with Crippen LogP contribution in [0.15, 0.2) is 20.0 Å². The third-order valence-electron chi connectivity index (χ3n) is 13.7. The van der Waals surface area contributed by atoms with Crippen LogP contribution in [-0.2, 0) is 57.5 Å². The van der Waals surface area contributed by atoms with Crippen LogP contribution >= 0.6 is 0 Å². The Hall–Kier alpha value is -9.40. The van der Waals surface area contributed by atoms with Crippen molar-refractivity contribution in [3.05, 3.63) is 0 Å². The van der Waals surface area contributed by atoms with Gasteiger partial charge in [0, 0.05) is 39.1 Å². The number of carbonyl (C=O) groups is 12. The molecule has 1 aliphatic heterocycles. The van der Waals surface area contributed by atoms with E-state index in [1.165, 1.54) is 25.7 Å². The van der Waals surface area contributed by atoms with Gasteiger partial charge in [-0.1, -0.05) is 0 Å². The van der Waals surface area contributed by atoms with Crippen molar-refractivity contribution < 1.29 is 72.9 Å². The summed E-state index contributed by atoms with van der Waals surface area (Å²) in [7, 11) is 0. The van der Waals surface area contributed by atoms with Crippen molar-refractivity contribution in [3.63, 3.8) is 0 Å². The van der Waals surface area contributed by atoms with Crippen molar-refractivity contribution in [2.75, 3.05) is 45.8 Å². The highest BCUT2D eigenvalue weighted by Crippen LogP contribution is 2.20. The van der Waals surface area contributed by atoms with Crippen LogP contribution < -0.4 is 105 Å². The molecular formula is C52H96N24O15. The Bertz CT molecular complexity index is 2570. The molecule has 91 heavy (non-hydrogen) atoms. The Morgan fingerprint density at radius 3 is 1.15 bits per heavy atom. The lowest BCUT2D eigenvalue weighted by molar-refractivity contribution is -0.142. The zero-order valence-corrected chi connectivity index (χ0v) is 51.7. The molecule has 0 bridgehead atoms. The molecule has 0 saturated carbocycles. The van der Waals surface area contributed by atoms with E-state index in [0.29, 0.717) is 12.8 Å². The number of carboxylic acid groups (broad SMARTS) is 2. The topological polar surface area (TPSA) is 687 Å². The first-order valence-electron chi connectivity index (χ1n) is 29.6. The number of guanidine groups is 4. The van der Waals surface area contributed by atoms with Crippen molar-refractivity contribution >= 4 is 94.8 Å². The molecule has 0 radical (unpaired) electrons. The van der Waals surface area contributed by atoms with Gasteiger partial charge in [-0.05, 0) is 117 Å². The molecule has 514 valence electrons. The molecule has 11 atom stereocenters. The maximum absolute atomic E-state index is 14.6. The first-order chi connectivity index (χ1) is 42.8. The molecule has 0 aromatic heterocycles. The van der Waals surface area contributed by atoms with Crippen LogP contribution in [0.1, 0.15) is 117 Å². The van der Waals surface area contributed by atoms with Gasteiger partial charge in [0.1, 0.15) is 67.0 Å². The first-order valence-corrected chi connectivity index (χ1v) is 29.6. The van der Waals surface area contributed by atoms with Crippen LogP contribution in [0.2, 0.25) is 0 Å². The Morgan fingerprint density at radius 1 is 0.462 bits per heavy atom. The average Bonchev–Trinajstić information content (AvgIpc) is 1.82. The van der Waals surface area contributed by atoms with Crippen LogP contribution in [0.3, 0.4) is 0 Å². The number of rotatable bonds is 44. The molecule has 39 heteroatoms. The van der Waals surface area contributed by atoms with Crippen molar-refractivity contribution in [1.29, 1.82) is 0 Å². The summed E-state index contributed by atoms with van der Waals surface area (Å²) < 4.78 is 0. The fraction of sp³-hybridized carbons (Fsp3) is 0.692. The highest BCUT2D eigenvalue weighted by atomic mass is 16.4. The van der Waals surface area contributed by atoms with E-state index in [4.69, 9.17) is 62.4 Å². The van der Waals surface area contributed by atoms with Crippen LogP contribution in [0, 0.1) is 0 Å². The number of aliphatic imine (C=N–C) groups is 4. The van der Waals surface area contributed by atoms with E-state index in [1.807, 2.05) is 0 Å². The fourth-order valence-electron chi connectivity index (χ4n) is 8.82. The maximum Gasteiger partial charge on any atom is 0.322 e. The molecule has 1 aliphatic rings. The van der Waals surface area contributed by atoms with Crippen LogP contribution in [0.5, 0.6) is 0 Å². The summed E-state index contributed by atoms with van der Waals surface area (Å²) in [6, 6.07) is -14.3. The third kappa shape index (κ3) is 32.6. The van der Waals surface area contributed by atoms with E-state index >= 15 is 0 Å². The van der Waals surface area contributed by atoms with Crippen molar-refractivity contribution in [2.24, 2.45) is 77.3 Å². The summed E-state index contributed by atoms with van der Waals surface area (Å²) in [5.74, 6) is -13.0. The van der Waals surface area contributed by atoms with E-state index in [0.717, 1.165) is 0 Å². The molecule has 0 unspecified atom stereocenters. The molecule has 0 aromatic rings. The third-order valence-corrected chi connectivity index (χ3v) is 13.7. The number of likely N-dealkylation sites (tertiary alicyclic amines) is 1. The molecule has 32 N–H and O–H groups in total. The van der Waals surface area contributed by atoms with Gasteiger partial charge in [0.2, 0.25) is 59.1 Å². The van der Waals surface area contributed by atoms with Gasteiger partial charge in [0.25, 0.3) is 0 Å². The second-order valence-electron chi connectivity index (χ2n) is 21.4. The number of hydrogen-bond donors (Lipinski definition) is 22. The van der Waals surface area contributed by atoms with Gasteiger partial charge in [-0.25, -0.2) is 0 Å². The minimum absolute atomic E-state index is 0.0110. The summed E-state index contributed by atoms with van der Waals surface area (Å²) in [5.41, 5.74) is 55.8. The molecule has 1 rings (SSSR count). The number of unbranched alkanes of at least 4 members (excludes halogenated alkanes) is 1. The van der Waals surface area contributed by atoms with Crippen LogP contribution in [-0.4, -0.2) is 227 Å². The zero-order chi connectivity index (χ0) is 68.9. The lowest BCUT2D eigenvalue weighted by atomic mass is 10.0. The number of aliphatic hydroxyl groups is 1. The number of aliphatic hydroxyl groups excluding tert-OH is 1. The van der Waals surface area contributed by atoms with E-state index < -0.39 is 157 Å². The Kier molecular flexibility index (Phi) is 37.2. The minimum Gasteiger partial charge on any atom is -0.481 e. The predicted molar refractivity (Wildman–Crippen MR) is 331 cm³/mol. The normalized spacial score (nSPS) is 15.8. The monoisotopic (exact) mass is 1300 g/mol. The maximum atomic E-state index is 14.6. The van der Waals surface area contributed by atoms with E-state index in [1.54, 1.807) is 0 Å². The number of hydrogen-bond acceptors (Lipinski definition) is 19. The lowest BCUT2D eigenvalue weighted by Crippen LogP contribution is -2.60. The van der Waals surface area contributed by atoms with Gasteiger partial charge in [-0.2, -0.15) is 0 Å². The van der Waals surface area contributed by atoms with Crippen molar-refractivity contribution in [1.82, 2.24) is 52.8 Å². The SMILES string of the molecule is C[C@H](NC(=O)[C@H](C)NC(=O)[C@H](CCCCN)NC(=O)[C@H](CCCN=C(N)N)NC(=O)[C@H](CCCN=C(N)N)NC(=O)[C@H](CCCN=C(N)N)NC(=O)[C@H](CCC(=O)O)NC(=O)[C@H](CCCN=C(N)N)NC(=O)[C@@H]1CCCN1C(=O)[C@@H](N)[C@@H](C)O)C(=O)NCC(=O)O. The van der Waals surface area contributed by atoms with Gasteiger partial charge >= 0.3 is 11.9 Å². The van der Waals surface area contributed by atoms with Gasteiger partial charge in [0.05, 0.1) is 6.10 Å². The number of carbonyl (C=O) groups excluding carboxylic acids is 10. The Labute approximate surface area is 525 Å². The summed E-state index contributed by atoms with van der Waals surface area (Å²) in [6.07, 6.45) is -2.10. The smallest absolute Gasteiger partial charge is 0.322 e. The van der Waals surface area contributed by atoms with Gasteiger partial charge in [-0.3, -0.25) is 77.5 Å². The molecule has 1 saturated heterocycles. The first kappa shape index (κ1) is 79.6. The Balaban J connectivity index is 3.78. The highest BCUT2D eigenvalue weighted by Gasteiger charge is 2.40. The van der Waals surface area contributed by atoms with Crippen molar-refractivity contribution in [2.45, 2.75) is 184 Å². The average molecular weight is 1300 g/mol. The Morgan fingerprint density at radius 2 is 0.802 bits per heavy atom. The van der Waals surface area contributed by atoms with Gasteiger partial charge in [-0.15, -0.1) is 0 Å². The summed E-state index contributed by atoms with van der Waals surface area (Å²) in [6.45, 7) is 3.21. The summed E-state index contributed by atoms with van der Waals surface area (Å²) in [5, 5.41) is 51.0. The number of carboxylic acids is 2. The second-order valence-corrected chi connectivity index (χ2v) is 21.4. The number of nitrogens with two attached hydrogens (primary N) is 10. The number of nitrogens with one attached hydrogen (secondary N) is 9. The van der Waals surface area contributed by atoms with Gasteiger partial charge < -0.3 is 125 Å². The minimum atomic E-state index is -1.73. The quantitative estimate of drug-likeness (QED) is 0.0153. The molecular weight excluding hydrogens is 1200 g/mol. The highest BCUT2D eigenvalue weighted by molar-refractivity contribution is 5.99. The standard InChI is InChI=1S/C52H96N24O15/c1-26(39(82)67-25-37(80)81)68-40(83)27(2)69-41(84)29(11-4-5-19-53)70-42(85)30(12-6-20-63-49(55)56)71-43(86)31(13-7-21-64-50(57)58)72-44(87)32(14-8-22-65-51(59)60)73-46(89)34(17-18-36(78)79)74-45(88)33(15-9-23-66-52(61)62)75-47(90)35-16-10-24-76(35)48(91)38(54)28(3)77/h26-35,38,77H,4-25,53-54H2,1-3H3,(H,67,82)(H,68,83)(H,69,84)(H,70,85)(H,71,86)(H,72,87)(H,73,89)(H,74,88)(H,75,90)(H,78,79)(H,80,81)(H4,55,56,63)(H4,57,58,64)(H4,59,60,65)(H4,61,62,66)/t26-,27-,28+,29-,30-,31-,32-,33-,34-,35-,38-/m0/s1. The number of aliphatic carboxylic acids is 2. The second kappa shape index (κ2) is 42.5.